The van der Waals surface area contributed by atoms with Crippen LogP contribution >= 0.6 is 11.3 Å². The topological polar surface area (TPSA) is 66.5 Å². The minimum absolute atomic E-state index is 0.223. The smallest absolute Gasteiger partial charge is 0.253 e. The third-order valence-electron chi connectivity index (χ3n) is 4.12. The van der Waals surface area contributed by atoms with Gasteiger partial charge in [-0.05, 0) is 29.9 Å². The van der Waals surface area contributed by atoms with Crippen molar-refractivity contribution < 1.29 is 13.2 Å². The van der Waals surface area contributed by atoms with Crippen LogP contribution in [0.3, 0.4) is 0 Å². The largest absolute Gasteiger partial charge is 0.351 e. The molecule has 0 aliphatic carbocycles. The van der Waals surface area contributed by atoms with Crippen molar-refractivity contribution in [3.8, 4) is 0 Å². The number of benzene rings is 1. The number of nitrogens with zero attached hydrogens (tertiary/aromatic N) is 1. The molecule has 1 N–H and O–H groups in total. The van der Waals surface area contributed by atoms with E-state index in [4.69, 9.17) is 0 Å². The highest BCUT2D eigenvalue weighted by Gasteiger charge is 2.37. The summed E-state index contributed by atoms with van der Waals surface area (Å²) >= 11 is 1.19. The number of amides is 1. The average molecular weight is 364 g/mol. The Kier molecular flexibility index (Phi) is 5.33. The van der Waals surface area contributed by atoms with Crippen LogP contribution in [-0.4, -0.2) is 31.2 Å². The van der Waals surface area contributed by atoms with Crippen molar-refractivity contribution >= 4 is 27.3 Å². The molecule has 1 fully saturated rings. The van der Waals surface area contributed by atoms with Gasteiger partial charge in [0.1, 0.15) is 10.3 Å². The van der Waals surface area contributed by atoms with Crippen LogP contribution < -0.4 is 5.32 Å². The second-order valence-corrected chi connectivity index (χ2v) is 8.83. The first-order valence-corrected chi connectivity index (χ1v) is 10.3. The second-order valence-electron chi connectivity index (χ2n) is 5.76. The number of carbonyl (C=O) groups excluding carboxylic acids is 1. The second kappa shape index (κ2) is 7.46. The molecule has 2 aromatic rings. The number of nitrogens with one attached hydrogen (secondary N) is 1. The Hall–Kier alpha value is -1.70. The molecular formula is C17H20N2O3S2. The third-order valence-corrected chi connectivity index (χ3v) is 7.41. The van der Waals surface area contributed by atoms with Gasteiger partial charge in [0.2, 0.25) is 5.91 Å². The molecule has 2 heterocycles. The zero-order valence-corrected chi connectivity index (χ0v) is 14.9. The summed E-state index contributed by atoms with van der Waals surface area (Å²) in [6.45, 7) is 0.798. The molecule has 1 atom stereocenters. The van der Waals surface area contributed by atoms with Crippen molar-refractivity contribution in [3.63, 3.8) is 0 Å². The molecule has 1 aliphatic heterocycles. The van der Waals surface area contributed by atoms with E-state index >= 15 is 0 Å². The maximum absolute atomic E-state index is 12.8. The highest BCUT2D eigenvalue weighted by atomic mass is 32.2. The van der Waals surface area contributed by atoms with Gasteiger partial charge in [-0.3, -0.25) is 4.79 Å². The van der Waals surface area contributed by atoms with E-state index in [-0.39, 0.29) is 5.91 Å². The monoisotopic (exact) mass is 364 g/mol. The van der Waals surface area contributed by atoms with Gasteiger partial charge in [0.15, 0.2) is 0 Å². The first-order valence-electron chi connectivity index (χ1n) is 7.96. The highest BCUT2D eigenvalue weighted by molar-refractivity contribution is 7.91. The van der Waals surface area contributed by atoms with Gasteiger partial charge in [-0.25, -0.2) is 8.42 Å². The normalized spacial score (nSPS) is 19.1. The van der Waals surface area contributed by atoms with E-state index in [1.165, 1.54) is 15.6 Å². The minimum atomic E-state index is -3.60. The Morgan fingerprint density at radius 3 is 2.67 bits per heavy atom. The number of rotatable bonds is 5. The van der Waals surface area contributed by atoms with E-state index in [2.05, 4.69) is 5.32 Å². The van der Waals surface area contributed by atoms with E-state index < -0.39 is 16.1 Å². The first-order chi connectivity index (χ1) is 11.6. The number of sulfonamides is 1. The van der Waals surface area contributed by atoms with Crippen molar-refractivity contribution in [1.29, 1.82) is 0 Å². The lowest BCUT2D eigenvalue weighted by Crippen LogP contribution is -2.51. The van der Waals surface area contributed by atoms with E-state index in [1.54, 1.807) is 17.5 Å². The van der Waals surface area contributed by atoms with Gasteiger partial charge in [-0.1, -0.05) is 42.8 Å². The summed E-state index contributed by atoms with van der Waals surface area (Å²) in [5.74, 6) is -0.223. The fourth-order valence-corrected chi connectivity index (χ4v) is 5.66. The van der Waals surface area contributed by atoms with E-state index in [9.17, 15) is 13.2 Å². The molecule has 1 amide bonds. The minimum Gasteiger partial charge on any atom is -0.351 e. The maximum atomic E-state index is 12.8. The summed E-state index contributed by atoms with van der Waals surface area (Å²) in [7, 11) is -3.60. The number of piperidine rings is 1. The van der Waals surface area contributed by atoms with Crippen LogP contribution in [-0.2, 0) is 21.4 Å². The molecule has 1 unspecified atom stereocenters. The summed E-state index contributed by atoms with van der Waals surface area (Å²) in [4.78, 5) is 12.6. The predicted molar refractivity (Wildman–Crippen MR) is 94.1 cm³/mol. The van der Waals surface area contributed by atoms with Gasteiger partial charge in [0, 0.05) is 13.1 Å². The van der Waals surface area contributed by atoms with Gasteiger partial charge in [0.05, 0.1) is 0 Å². The molecule has 0 bridgehead atoms. The molecule has 7 heteroatoms. The van der Waals surface area contributed by atoms with Crippen LogP contribution in [0.4, 0.5) is 0 Å². The quantitative estimate of drug-likeness (QED) is 0.887. The molecule has 1 aliphatic rings. The Labute approximate surface area is 146 Å². The maximum Gasteiger partial charge on any atom is 0.253 e. The van der Waals surface area contributed by atoms with Crippen molar-refractivity contribution in [3.05, 3.63) is 53.4 Å². The Morgan fingerprint density at radius 2 is 1.96 bits per heavy atom. The van der Waals surface area contributed by atoms with Crippen molar-refractivity contribution in [2.45, 2.75) is 36.1 Å². The molecule has 0 saturated carbocycles. The molecule has 5 nitrogen and oxygen atoms in total. The lowest BCUT2D eigenvalue weighted by atomic mass is 10.0. The zero-order chi connectivity index (χ0) is 17.0. The Balaban J connectivity index is 1.73. The van der Waals surface area contributed by atoms with Gasteiger partial charge in [-0.15, -0.1) is 11.3 Å². The molecule has 128 valence electrons. The van der Waals surface area contributed by atoms with Crippen LogP contribution in [0.1, 0.15) is 24.8 Å². The van der Waals surface area contributed by atoms with Crippen LogP contribution in [0, 0.1) is 0 Å². The molecule has 3 rings (SSSR count). The third kappa shape index (κ3) is 3.68. The van der Waals surface area contributed by atoms with Crippen LogP contribution in [0.2, 0.25) is 0 Å². The molecule has 1 aromatic carbocycles. The molecular weight excluding hydrogens is 344 g/mol. The summed E-state index contributed by atoms with van der Waals surface area (Å²) in [6.07, 6.45) is 2.21. The van der Waals surface area contributed by atoms with Crippen molar-refractivity contribution in [2.75, 3.05) is 6.54 Å². The van der Waals surface area contributed by atoms with Gasteiger partial charge in [0.25, 0.3) is 10.0 Å². The highest BCUT2D eigenvalue weighted by Crippen LogP contribution is 2.28. The lowest BCUT2D eigenvalue weighted by Gasteiger charge is -2.33. The summed E-state index contributed by atoms with van der Waals surface area (Å²) in [5, 5.41) is 4.61. The van der Waals surface area contributed by atoms with Gasteiger partial charge >= 0.3 is 0 Å². The predicted octanol–water partition coefficient (Wildman–Crippen LogP) is 2.61. The zero-order valence-electron chi connectivity index (χ0n) is 13.2. The standard InChI is InChI=1S/C17H20N2O3S2/c20-17(18-13-14-7-2-1-3-8-14)15-9-4-5-11-19(15)24(21,22)16-10-6-12-23-16/h1-3,6-8,10,12,15H,4-5,9,11,13H2,(H,18,20). The van der Waals surface area contributed by atoms with Gasteiger partial charge < -0.3 is 5.32 Å². The summed E-state index contributed by atoms with van der Waals surface area (Å²) < 4.78 is 27.2. The molecule has 1 aromatic heterocycles. The molecule has 24 heavy (non-hydrogen) atoms. The number of hydrogen-bond donors (Lipinski definition) is 1. The Morgan fingerprint density at radius 1 is 1.17 bits per heavy atom. The van der Waals surface area contributed by atoms with Gasteiger partial charge in [-0.2, -0.15) is 4.31 Å². The van der Waals surface area contributed by atoms with Crippen LogP contribution in [0.5, 0.6) is 0 Å². The fraction of sp³-hybridized carbons (Fsp3) is 0.353. The lowest BCUT2D eigenvalue weighted by molar-refractivity contribution is -0.125. The first kappa shape index (κ1) is 17.1. The van der Waals surface area contributed by atoms with Crippen LogP contribution in [0.15, 0.2) is 52.1 Å². The Bertz CT molecular complexity index is 773. The summed E-state index contributed by atoms with van der Waals surface area (Å²) in [6, 6.07) is 12.3. The van der Waals surface area contributed by atoms with Crippen LogP contribution in [0.25, 0.3) is 0 Å². The van der Waals surface area contributed by atoms with Crippen molar-refractivity contribution in [2.24, 2.45) is 0 Å². The van der Waals surface area contributed by atoms with E-state index in [0.717, 1.165) is 18.4 Å². The molecule has 0 radical (unpaired) electrons. The summed E-state index contributed by atoms with van der Waals surface area (Å²) in [5.41, 5.74) is 0.995. The average Bonchev–Trinajstić information content (AvgIpc) is 3.16. The van der Waals surface area contributed by atoms with E-state index in [1.807, 2.05) is 30.3 Å². The number of thiophene rings is 1. The molecule has 0 spiro atoms. The van der Waals surface area contributed by atoms with E-state index in [0.29, 0.717) is 23.7 Å². The number of carbonyl (C=O) groups is 1. The number of hydrogen-bond acceptors (Lipinski definition) is 4. The fourth-order valence-electron chi connectivity index (χ4n) is 2.88. The molecule has 1 saturated heterocycles. The SMILES string of the molecule is O=C(NCc1ccccc1)C1CCCCN1S(=O)(=O)c1cccs1. The van der Waals surface area contributed by atoms with Crippen molar-refractivity contribution in [1.82, 2.24) is 9.62 Å².